The highest BCUT2D eigenvalue weighted by molar-refractivity contribution is 9.10. The van der Waals surface area contributed by atoms with E-state index < -0.39 is 28.4 Å². The van der Waals surface area contributed by atoms with Crippen LogP contribution >= 0.6 is 39.1 Å². The zero-order valence-electron chi connectivity index (χ0n) is 17.7. The zero-order valence-corrected chi connectivity index (χ0v) is 21.6. The zero-order chi connectivity index (χ0) is 24.9. The first-order valence-corrected chi connectivity index (χ1v) is 12.9. The van der Waals surface area contributed by atoms with E-state index in [4.69, 9.17) is 28.9 Å². The van der Waals surface area contributed by atoms with Crippen molar-refractivity contribution < 1.29 is 18.0 Å². The van der Waals surface area contributed by atoms with Crippen LogP contribution in [0.1, 0.15) is 11.1 Å². The molecule has 178 valence electrons. The lowest BCUT2D eigenvalue weighted by Gasteiger charge is -2.22. The summed E-state index contributed by atoms with van der Waals surface area (Å²) >= 11 is 15.5. The normalized spacial score (nSPS) is 11.4. The minimum atomic E-state index is -4.04. The van der Waals surface area contributed by atoms with E-state index in [1.807, 2.05) is 0 Å². The Bertz CT molecular complexity index is 1300. The average Bonchev–Trinajstić information content (AvgIpc) is 2.76. The fourth-order valence-corrected chi connectivity index (χ4v) is 5.20. The molecule has 3 aromatic carbocycles. The lowest BCUT2D eigenvalue weighted by molar-refractivity contribution is -0.117. The lowest BCUT2D eigenvalue weighted by Crippen LogP contribution is -2.37. The number of rotatable bonds is 9. The van der Waals surface area contributed by atoms with Crippen LogP contribution in [-0.2, 0) is 32.6 Å². The predicted molar refractivity (Wildman–Crippen MR) is 136 cm³/mol. The van der Waals surface area contributed by atoms with E-state index in [1.54, 1.807) is 48.5 Å². The van der Waals surface area contributed by atoms with Gasteiger partial charge in [-0.1, -0.05) is 57.3 Å². The van der Waals surface area contributed by atoms with Crippen LogP contribution in [0.4, 0.5) is 5.69 Å². The molecule has 0 atom stereocenters. The molecule has 2 amide bonds. The Balaban J connectivity index is 1.84. The van der Waals surface area contributed by atoms with Crippen molar-refractivity contribution in [1.82, 2.24) is 4.31 Å². The van der Waals surface area contributed by atoms with Crippen molar-refractivity contribution in [3.8, 4) is 0 Å². The summed E-state index contributed by atoms with van der Waals surface area (Å²) in [5.74, 6) is -1.01. The summed E-state index contributed by atoms with van der Waals surface area (Å²) in [5.41, 5.74) is 6.83. The number of anilines is 1. The van der Waals surface area contributed by atoms with Crippen molar-refractivity contribution >= 4 is 66.7 Å². The van der Waals surface area contributed by atoms with Crippen LogP contribution in [0.25, 0.3) is 0 Å². The van der Waals surface area contributed by atoms with Gasteiger partial charge in [0.25, 0.3) is 0 Å². The van der Waals surface area contributed by atoms with Gasteiger partial charge in [-0.05, 0) is 59.7 Å². The van der Waals surface area contributed by atoms with Gasteiger partial charge < -0.3 is 11.1 Å². The van der Waals surface area contributed by atoms with Crippen LogP contribution in [0, 0.1) is 0 Å². The second-order valence-corrected chi connectivity index (χ2v) is 11.0. The van der Waals surface area contributed by atoms with Crippen LogP contribution in [0.2, 0.25) is 10.0 Å². The highest BCUT2D eigenvalue weighted by atomic mass is 79.9. The number of hydrogen-bond donors (Lipinski definition) is 2. The van der Waals surface area contributed by atoms with Crippen molar-refractivity contribution in [2.24, 2.45) is 5.73 Å². The molecule has 0 saturated carbocycles. The van der Waals surface area contributed by atoms with Crippen LogP contribution in [-0.4, -0.2) is 31.1 Å². The molecule has 0 unspecified atom stereocenters. The van der Waals surface area contributed by atoms with Crippen LogP contribution in [0.3, 0.4) is 0 Å². The van der Waals surface area contributed by atoms with E-state index in [9.17, 15) is 18.0 Å². The predicted octanol–water partition coefficient (Wildman–Crippen LogP) is 4.61. The second kappa shape index (κ2) is 11.3. The van der Waals surface area contributed by atoms with Gasteiger partial charge in [0.1, 0.15) is 0 Å². The van der Waals surface area contributed by atoms with E-state index in [1.165, 1.54) is 18.2 Å². The molecule has 11 heteroatoms. The van der Waals surface area contributed by atoms with Gasteiger partial charge in [-0.15, -0.1) is 0 Å². The first-order chi connectivity index (χ1) is 16.0. The molecule has 0 aliphatic rings. The summed E-state index contributed by atoms with van der Waals surface area (Å²) in [4.78, 5) is 23.9. The molecule has 0 radical (unpaired) electrons. The Hall–Kier alpha value is -2.43. The topological polar surface area (TPSA) is 110 Å². The monoisotopic (exact) mass is 583 g/mol. The Morgan fingerprint density at radius 2 is 1.62 bits per heavy atom. The number of amides is 2. The van der Waals surface area contributed by atoms with Gasteiger partial charge in [-0.25, -0.2) is 8.42 Å². The standard InChI is InChI=1S/C23H20BrCl2N3O4S/c24-17-4-9-20(10-5-17)34(32,33)29(13-16-3-6-18(25)12-21(16)26)14-23(31)28-19-7-1-15(2-8-19)11-22(27)30/h1-10,12H,11,13-14H2,(H2,27,30)(H,28,31). The van der Waals surface area contributed by atoms with Crippen LogP contribution in [0.15, 0.2) is 76.1 Å². The van der Waals surface area contributed by atoms with Crippen LogP contribution in [0.5, 0.6) is 0 Å². The number of primary amides is 1. The molecular weight excluding hydrogens is 565 g/mol. The van der Waals surface area contributed by atoms with E-state index in [0.29, 0.717) is 21.8 Å². The van der Waals surface area contributed by atoms with Gasteiger partial charge >= 0.3 is 0 Å². The average molecular weight is 585 g/mol. The highest BCUT2D eigenvalue weighted by Gasteiger charge is 2.27. The van der Waals surface area contributed by atoms with Gasteiger partial charge in [0.05, 0.1) is 17.9 Å². The molecule has 7 nitrogen and oxygen atoms in total. The molecular formula is C23H20BrCl2N3O4S. The molecule has 3 rings (SSSR count). The molecule has 3 N–H and O–H groups in total. The fraction of sp³-hybridized carbons (Fsp3) is 0.130. The maximum absolute atomic E-state index is 13.4. The molecule has 0 aliphatic heterocycles. The van der Waals surface area contributed by atoms with Crippen molar-refractivity contribution in [1.29, 1.82) is 0 Å². The minimum Gasteiger partial charge on any atom is -0.369 e. The summed E-state index contributed by atoms with van der Waals surface area (Å²) < 4.78 is 28.5. The Kier molecular flexibility index (Phi) is 8.72. The third kappa shape index (κ3) is 7.04. The van der Waals surface area contributed by atoms with E-state index >= 15 is 0 Å². The van der Waals surface area contributed by atoms with Gasteiger partial charge in [0.2, 0.25) is 21.8 Å². The summed E-state index contributed by atoms with van der Waals surface area (Å²) in [5, 5.41) is 3.37. The van der Waals surface area contributed by atoms with Crippen LogP contribution < -0.4 is 11.1 Å². The number of nitrogens with one attached hydrogen (secondary N) is 1. The number of carbonyl (C=O) groups excluding carboxylic acids is 2. The molecule has 0 aliphatic carbocycles. The quantitative estimate of drug-likeness (QED) is 0.382. The van der Waals surface area contributed by atoms with Gasteiger partial charge in [-0.3, -0.25) is 9.59 Å². The number of halogens is 3. The smallest absolute Gasteiger partial charge is 0.243 e. The largest absolute Gasteiger partial charge is 0.369 e. The SMILES string of the molecule is NC(=O)Cc1ccc(NC(=O)CN(Cc2ccc(Cl)cc2Cl)S(=O)(=O)c2ccc(Br)cc2)cc1. The molecule has 0 heterocycles. The Morgan fingerprint density at radius 3 is 2.21 bits per heavy atom. The third-order valence-electron chi connectivity index (χ3n) is 4.75. The van der Waals surface area contributed by atoms with Crippen molar-refractivity contribution in [3.63, 3.8) is 0 Å². The molecule has 0 spiro atoms. The fourth-order valence-electron chi connectivity index (χ4n) is 3.09. The molecule has 3 aromatic rings. The Labute approximate surface area is 216 Å². The number of nitrogens with zero attached hydrogens (tertiary/aromatic N) is 1. The summed E-state index contributed by atoms with van der Waals surface area (Å²) in [6.07, 6.45) is 0.0787. The van der Waals surface area contributed by atoms with Gasteiger partial charge in [0.15, 0.2) is 0 Å². The molecule has 0 saturated heterocycles. The highest BCUT2D eigenvalue weighted by Crippen LogP contribution is 2.26. The number of nitrogens with two attached hydrogens (primary N) is 1. The Morgan fingerprint density at radius 1 is 0.971 bits per heavy atom. The first kappa shape index (κ1) is 26.2. The summed E-state index contributed by atoms with van der Waals surface area (Å²) in [6.45, 7) is -0.597. The van der Waals surface area contributed by atoms with E-state index in [0.717, 1.165) is 8.78 Å². The molecule has 0 aromatic heterocycles. The molecule has 0 bridgehead atoms. The number of sulfonamides is 1. The number of carbonyl (C=O) groups is 2. The van der Waals surface area contributed by atoms with E-state index in [-0.39, 0.29) is 22.9 Å². The maximum Gasteiger partial charge on any atom is 0.243 e. The minimum absolute atomic E-state index is 0.0318. The van der Waals surface area contributed by atoms with Crippen molar-refractivity contribution in [3.05, 3.63) is 92.4 Å². The molecule has 0 fully saturated rings. The van der Waals surface area contributed by atoms with Crippen molar-refractivity contribution in [2.45, 2.75) is 17.9 Å². The van der Waals surface area contributed by atoms with E-state index in [2.05, 4.69) is 21.2 Å². The summed E-state index contributed by atoms with van der Waals surface area (Å²) in [6, 6.07) is 17.4. The lowest BCUT2D eigenvalue weighted by atomic mass is 10.1. The number of hydrogen-bond acceptors (Lipinski definition) is 4. The van der Waals surface area contributed by atoms with Gasteiger partial charge in [0, 0.05) is 26.8 Å². The van der Waals surface area contributed by atoms with Gasteiger partial charge in [-0.2, -0.15) is 4.31 Å². The first-order valence-electron chi connectivity index (χ1n) is 9.91. The third-order valence-corrected chi connectivity index (χ3v) is 7.67. The number of benzene rings is 3. The summed E-state index contributed by atoms with van der Waals surface area (Å²) in [7, 11) is -4.04. The second-order valence-electron chi connectivity index (χ2n) is 7.35. The molecule has 34 heavy (non-hydrogen) atoms. The maximum atomic E-state index is 13.4. The van der Waals surface area contributed by atoms with Crippen molar-refractivity contribution in [2.75, 3.05) is 11.9 Å².